The van der Waals surface area contributed by atoms with E-state index >= 15 is 0 Å². The number of aliphatic hydroxyl groups excluding tert-OH is 1. The third-order valence-electron chi connectivity index (χ3n) is 4.30. The third-order valence-corrected chi connectivity index (χ3v) is 4.30. The number of nitrogens with zero attached hydrogens (tertiary/aromatic N) is 1. The highest BCUT2D eigenvalue weighted by Gasteiger charge is 2.34. The van der Waals surface area contributed by atoms with E-state index in [1.807, 2.05) is 20.9 Å². The third kappa shape index (κ3) is 5.26. The number of carbonyl (C=O) groups excluding carboxylic acids is 1. The van der Waals surface area contributed by atoms with Crippen LogP contribution in [0.4, 0.5) is 0 Å². The second-order valence-corrected chi connectivity index (χ2v) is 6.52. The van der Waals surface area contributed by atoms with Crippen molar-refractivity contribution >= 4 is 5.78 Å². The molecule has 0 aliphatic heterocycles. The number of rotatable bonds is 8. The molecule has 0 bridgehead atoms. The molecule has 116 valence electrons. The molecule has 1 unspecified atom stereocenters. The van der Waals surface area contributed by atoms with E-state index in [9.17, 15) is 9.90 Å². The standard InChI is InChI=1S/C17H31NO2/c1-9-15(19)10-13(6)14(7)16(17(20)11(2)3)18(8)12(4)5/h1,11-16,19H,10H2,2-8H3/t13-,14-,15?,16+/m1/s1. The van der Waals surface area contributed by atoms with Gasteiger partial charge in [0.15, 0.2) is 5.78 Å². The van der Waals surface area contributed by atoms with E-state index in [0.29, 0.717) is 12.5 Å². The topological polar surface area (TPSA) is 40.5 Å². The lowest BCUT2D eigenvalue weighted by atomic mass is 9.80. The van der Waals surface area contributed by atoms with E-state index in [1.54, 1.807) is 0 Å². The van der Waals surface area contributed by atoms with Gasteiger partial charge in [-0.05, 0) is 39.2 Å². The van der Waals surface area contributed by atoms with Crippen LogP contribution in [0.15, 0.2) is 0 Å². The average Bonchev–Trinajstić information content (AvgIpc) is 2.37. The highest BCUT2D eigenvalue weighted by Crippen LogP contribution is 2.26. The van der Waals surface area contributed by atoms with E-state index in [2.05, 4.69) is 38.5 Å². The van der Waals surface area contributed by atoms with Crippen LogP contribution >= 0.6 is 0 Å². The lowest BCUT2D eigenvalue weighted by molar-refractivity contribution is -0.130. The Kier molecular flexibility index (Phi) is 8.08. The van der Waals surface area contributed by atoms with Crippen LogP contribution < -0.4 is 0 Å². The molecule has 4 atom stereocenters. The number of carbonyl (C=O) groups is 1. The Labute approximate surface area is 124 Å². The molecule has 0 fully saturated rings. The number of hydrogen-bond donors (Lipinski definition) is 1. The zero-order valence-electron chi connectivity index (χ0n) is 14.1. The van der Waals surface area contributed by atoms with Gasteiger partial charge in [-0.2, -0.15) is 0 Å². The van der Waals surface area contributed by atoms with Crippen LogP contribution in [0.25, 0.3) is 0 Å². The number of likely N-dealkylation sites (N-methyl/N-ethyl adjacent to an activating group) is 1. The fourth-order valence-corrected chi connectivity index (χ4v) is 2.44. The monoisotopic (exact) mass is 281 g/mol. The molecule has 0 heterocycles. The molecule has 3 nitrogen and oxygen atoms in total. The molecular formula is C17H31NO2. The molecule has 0 rings (SSSR count). The number of hydrogen-bond acceptors (Lipinski definition) is 3. The average molecular weight is 281 g/mol. The molecule has 0 aliphatic carbocycles. The molecule has 0 amide bonds. The van der Waals surface area contributed by atoms with Crippen LogP contribution in [-0.2, 0) is 4.79 Å². The summed E-state index contributed by atoms with van der Waals surface area (Å²) in [5.74, 6) is 2.96. The maximum atomic E-state index is 12.5. The number of Topliss-reactive ketones (excluding diaryl/α,β-unsaturated/α-hetero) is 1. The number of terminal acetylenes is 1. The Morgan fingerprint density at radius 3 is 2.05 bits per heavy atom. The fraction of sp³-hybridized carbons (Fsp3) is 0.824. The smallest absolute Gasteiger partial charge is 0.152 e. The number of ketones is 1. The minimum atomic E-state index is -0.730. The Balaban J connectivity index is 5.12. The Hall–Kier alpha value is -0.850. The van der Waals surface area contributed by atoms with Gasteiger partial charge in [0.05, 0.1) is 6.04 Å². The van der Waals surface area contributed by atoms with Crippen molar-refractivity contribution in [1.29, 1.82) is 0 Å². The lowest BCUT2D eigenvalue weighted by Gasteiger charge is -2.38. The van der Waals surface area contributed by atoms with E-state index in [4.69, 9.17) is 6.42 Å². The minimum Gasteiger partial charge on any atom is -0.380 e. The van der Waals surface area contributed by atoms with Crippen LogP contribution in [0.3, 0.4) is 0 Å². The summed E-state index contributed by atoms with van der Waals surface area (Å²) in [5, 5.41) is 9.62. The Morgan fingerprint density at radius 2 is 1.70 bits per heavy atom. The first kappa shape index (κ1) is 19.1. The van der Waals surface area contributed by atoms with Gasteiger partial charge in [0.1, 0.15) is 6.10 Å². The summed E-state index contributed by atoms with van der Waals surface area (Å²) in [6, 6.07) is 0.171. The molecule has 0 aromatic heterocycles. The maximum absolute atomic E-state index is 12.5. The fourth-order valence-electron chi connectivity index (χ4n) is 2.44. The van der Waals surface area contributed by atoms with Gasteiger partial charge in [0.2, 0.25) is 0 Å². The van der Waals surface area contributed by atoms with Gasteiger partial charge in [-0.15, -0.1) is 6.42 Å². The minimum absolute atomic E-state index is 0.00778. The van der Waals surface area contributed by atoms with Gasteiger partial charge < -0.3 is 5.11 Å². The summed E-state index contributed by atoms with van der Waals surface area (Å²) in [5.41, 5.74) is 0. The van der Waals surface area contributed by atoms with E-state index < -0.39 is 6.10 Å². The number of aliphatic hydroxyl groups is 1. The largest absolute Gasteiger partial charge is 0.380 e. The summed E-state index contributed by atoms with van der Waals surface area (Å²) in [4.78, 5) is 14.7. The zero-order chi connectivity index (χ0) is 16.0. The van der Waals surface area contributed by atoms with Crippen molar-refractivity contribution in [1.82, 2.24) is 4.90 Å². The van der Waals surface area contributed by atoms with E-state index in [0.717, 1.165) is 0 Å². The van der Waals surface area contributed by atoms with Crippen molar-refractivity contribution < 1.29 is 9.90 Å². The molecule has 0 radical (unpaired) electrons. The van der Waals surface area contributed by atoms with Crippen LogP contribution in [-0.4, -0.2) is 41.0 Å². The zero-order valence-corrected chi connectivity index (χ0v) is 14.1. The van der Waals surface area contributed by atoms with Crippen molar-refractivity contribution in [2.45, 2.75) is 66.2 Å². The Morgan fingerprint density at radius 1 is 1.20 bits per heavy atom. The van der Waals surface area contributed by atoms with Crippen LogP contribution in [0.2, 0.25) is 0 Å². The predicted octanol–water partition coefficient (Wildman–Crippen LogP) is 2.58. The van der Waals surface area contributed by atoms with Gasteiger partial charge in [-0.25, -0.2) is 0 Å². The Bertz CT molecular complexity index is 343. The van der Waals surface area contributed by atoms with Gasteiger partial charge >= 0.3 is 0 Å². The predicted molar refractivity (Wildman–Crippen MR) is 84.3 cm³/mol. The normalized spacial score (nSPS) is 17.9. The van der Waals surface area contributed by atoms with Gasteiger partial charge in [0.25, 0.3) is 0 Å². The van der Waals surface area contributed by atoms with Gasteiger partial charge in [-0.1, -0.05) is 33.6 Å². The molecule has 0 aliphatic rings. The summed E-state index contributed by atoms with van der Waals surface area (Å²) in [6.07, 6.45) is 5.04. The summed E-state index contributed by atoms with van der Waals surface area (Å²) in [7, 11) is 2.00. The van der Waals surface area contributed by atoms with Crippen molar-refractivity contribution in [2.24, 2.45) is 17.8 Å². The second-order valence-electron chi connectivity index (χ2n) is 6.52. The van der Waals surface area contributed by atoms with Crippen molar-refractivity contribution in [3.63, 3.8) is 0 Å². The van der Waals surface area contributed by atoms with E-state index in [-0.39, 0.29) is 29.6 Å². The first-order valence-electron chi connectivity index (χ1n) is 7.53. The first-order valence-corrected chi connectivity index (χ1v) is 7.53. The molecule has 0 aromatic rings. The summed E-state index contributed by atoms with van der Waals surface area (Å²) < 4.78 is 0. The lowest BCUT2D eigenvalue weighted by Crippen LogP contribution is -2.49. The highest BCUT2D eigenvalue weighted by atomic mass is 16.3. The molecular weight excluding hydrogens is 250 g/mol. The summed E-state index contributed by atoms with van der Waals surface area (Å²) >= 11 is 0. The molecule has 0 saturated heterocycles. The molecule has 0 saturated carbocycles. The maximum Gasteiger partial charge on any atom is 0.152 e. The van der Waals surface area contributed by atoms with Gasteiger partial charge in [0, 0.05) is 12.0 Å². The molecule has 0 aromatic carbocycles. The molecule has 0 spiro atoms. The van der Waals surface area contributed by atoms with Crippen molar-refractivity contribution in [3.05, 3.63) is 0 Å². The molecule has 20 heavy (non-hydrogen) atoms. The molecule has 3 heteroatoms. The van der Waals surface area contributed by atoms with Crippen molar-refractivity contribution in [3.8, 4) is 12.3 Å². The first-order chi connectivity index (χ1) is 9.13. The van der Waals surface area contributed by atoms with Crippen LogP contribution in [0, 0.1) is 30.1 Å². The summed E-state index contributed by atoms with van der Waals surface area (Å²) in [6.45, 7) is 12.2. The SMILES string of the molecule is C#CC(O)C[C@@H](C)[C@@H](C)[C@@H](C(=O)C(C)C)N(C)C(C)C. The highest BCUT2D eigenvalue weighted by molar-refractivity contribution is 5.86. The quantitative estimate of drug-likeness (QED) is 0.695. The van der Waals surface area contributed by atoms with Crippen LogP contribution in [0.1, 0.15) is 48.0 Å². The second kappa shape index (κ2) is 8.44. The van der Waals surface area contributed by atoms with Crippen molar-refractivity contribution in [2.75, 3.05) is 7.05 Å². The van der Waals surface area contributed by atoms with Gasteiger partial charge in [-0.3, -0.25) is 9.69 Å². The van der Waals surface area contributed by atoms with Crippen LogP contribution in [0.5, 0.6) is 0 Å². The van der Waals surface area contributed by atoms with E-state index in [1.165, 1.54) is 0 Å². The molecule has 1 N–H and O–H groups in total.